The molecular formula is C8H12F3NO. The maximum absolute atomic E-state index is 12.2. The summed E-state index contributed by atoms with van der Waals surface area (Å²) in [5.74, 6) is -2.37. The van der Waals surface area contributed by atoms with Crippen LogP contribution in [0.25, 0.3) is 0 Å². The fourth-order valence-electron chi connectivity index (χ4n) is 0.675. The van der Waals surface area contributed by atoms with Crippen LogP contribution in [-0.4, -0.2) is 12.5 Å². The molecular weight excluding hydrogens is 183 g/mol. The highest BCUT2D eigenvalue weighted by Gasteiger charge is 2.10. The molecule has 0 aliphatic rings. The topological polar surface area (TPSA) is 29.1 Å². The predicted octanol–water partition coefficient (Wildman–Crippen LogP) is 2.37. The quantitative estimate of drug-likeness (QED) is 0.670. The van der Waals surface area contributed by atoms with Gasteiger partial charge in [-0.25, -0.2) is 4.39 Å². The molecule has 0 rings (SSSR count). The van der Waals surface area contributed by atoms with Crippen LogP contribution < -0.4 is 5.32 Å². The number of hydrogen-bond donors (Lipinski definition) is 1. The highest BCUT2D eigenvalue weighted by Crippen LogP contribution is 2.12. The minimum Gasteiger partial charge on any atom is -0.356 e. The lowest BCUT2D eigenvalue weighted by atomic mass is 10.3. The van der Waals surface area contributed by atoms with Crippen molar-refractivity contribution >= 4 is 5.91 Å². The van der Waals surface area contributed by atoms with Gasteiger partial charge in [0.15, 0.2) is 5.83 Å². The molecule has 0 fully saturated rings. The molecule has 0 unspecified atom stereocenters. The third-order valence-electron chi connectivity index (χ3n) is 1.37. The van der Waals surface area contributed by atoms with Crippen molar-refractivity contribution in [1.29, 1.82) is 0 Å². The molecule has 0 spiro atoms. The monoisotopic (exact) mass is 195 g/mol. The number of carbonyl (C=O) groups is 1. The van der Waals surface area contributed by atoms with E-state index in [-0.39, 0.29) is 0 Å². The molecule has 0 aromatic rings. The SMILES string of the molecule is CCCCNC(=O)CC(F)=C(F)F. The van der Waals surface area contributed by atoms with Gasteiger partial charge in [-0.15, -0.1) is 0 Å². The van der Waals surface area contributed by atoms with Crippen molar-refractivity contribution in [3.63, 3.8) is 0 Å². The summed E-state index contributed by atoms with van der Waals surface area (Å²) in [4.78, 5) is 10.7. The van der Waals surface area contributed by atoms with Crippen molar-refractivity contribution in [2.45, 2.75) is 26.2 Å². The maximum Gasteiger partial charge on any atom is 0.302 e. The standard InChI is InChI=1S/C8H12F3NO/c1-2-3-4-12-7(13)5-6(9)8(10)11/h2-5H2,1H3,(H,12,13). The molecule has 0 atom stereocenters. The van der Waals surface area contributed by atoms with Crippen LogP contribution in [0.4, 0.5) is 13.2 Å². The first kappa shape index (κ1) is 12.0. The number of amides is 1. The van der Waals surface area contributed by atoms with E-state index in [1.165, 1.54) is 0 Å². The molecule has 0 aromatic carbocycles. The van der Waals surface area contributed by atoms with Crippen LogP contribution in [-0.2, 0) is 4.79 Å². The van der Waals surface area contributed by atoms with Gasteiger partial charge in [0.2, 0.25) is 5.91 Å². The van der Waals surface area contributed by atoms with Gasteiger partial charge in [0.25, 0.3) is 0 Å². The van der Waals surface area contributed by atoms with E-state index in [1.807, 2.05) is 6.92 Å². The Hall–Kier alpha value is -1.00. The van der Waals surface area contributed by atoms with Crippen molar-refractivity contribution in [3.8, 4) is 0 Å². The van der Waals surface area contributed by atoms with Gasteiger partial charge < -0.3 is 5.32 Å². The van der Waals surface area contributed by atoms with E-state index >= 15 is 0 Å². The summed E-state index contributed by atoms with van der Waals surface area (Å²) in [6.07, 6.45) is -1.65. The Bertz CT molecular complexity index is 200. The summed E-state index contributed by atoms with van der Waals surface area (Å²) in [5, 5.41) is 2.32. The average molecular weight is 195 g/mol. The van der Waals surface area contributed by atoms with Crippen molar-refractivity contribution < 1.29 is 18.0 Å². The van der Waals surface area contributed by atoms with Crippen molar-refractivity contribution in [3.05, 3.63) is 11.9 Å². The second kappa shape index (κ2) is 6.51. The number of halogens is 3. The van der Waals surface area contributed by atoms with E-state index in [9.17, 15) is 18.0 Å². The molecule has 0 saturated heterocycles. The fraction of sp³-hybridized carbons (Fsp3) is 0.625. The molecule has 0 radical (unpaired) electrons. The van der Waals surface area contributed by atoms with Crippen LogP contribution in [0.5, 0.6) is 0 Å². The average Bonchev–Trinajstić information content (AvgIpc) is 2.04. The molecule has 0 aliphatic heterocycles. The Labute approximate surface area is 74.8 Å². The van der Waals surface area contributed by atoms with E-state index in [1.54, 1.807) is 0 Å². The molecule has 76 valence electrons. The maximum atomic E-state index is 12.2. The summed E-state index contributed by atoms with van der Waals surface area (Å²) in [5.41, 5.74) is 0. The van der Waals surface area contributed by atoms with Crippen LogP contribution in [0.3, 0.4) is 0 Å². The minimum atomic E-state index is -2.43. The first-order valence-corrected chi connectivity index (χ1v) is 4.04. The third kappa shape index (κ3) is 6.19. The second-order valence-corrected chi connectivity index (χ2v) is 2.55. The van der Waals surface area contributed by atoms with Crippen molar-refractivity contribution in [2.24, 2.45) is 0 Å². The highest BCUT2D eigenvalue weighted by molar-refractivity contribution is 5.77. The Kier molecular flexibility index (Phi) is 6.01. The van der Waals surface area contributed by atoms with Crippen LogP contribution in [0.1, 0.15) is 26.2 Å². The molecule has 13 heavy (non-hydrogen) atoms. The Morgan fingerprint density at radius 1 is 1.31 bits per heavy atom. The largest absolute Gasteiger partial charge is 0.356 e. The Morgan fingerprint density at radius 3 is 2.38 bits per heavy atom. The van der Waals surface area contributed by atoms with Crippen LogP contribution in [0.15, 0.2) is 11.9 Å². The molecule has 0 aliphatic carbocycles. The van der Waals surface area contributed by atoms with Crippen LogP contribution >= 0.6 is 0 Å². The number of nitrogens with one attached hydrogen (secondary N) is 1. The zero-order valence-electron chi connectivity index (χ0n) is 7.37. The van der Waals surface area contributed by atoms with Crippen LogP contribution in [0.2, 0.25) is 0 Å². The molecule has 0 saturated carbocycles. The number of carbonyl (C=O) groups excluding carboxylic acids is 1. The van der Waals surface area contributed by atoms with Gasteiger partial charge in [0, 0.05) is 6.54 Å². The predicted molar refractivity (Wildman–Crippen MR) is 42.9 cm³/mol. The van der Waals surface area contributed by atoms with Gasteiger partial charge in [-0.1, -0.05) is 13.3 Å². The third-order valence-corrected chi connectivity index (χ3v) is 1.37. The van der Waals surface area contributed by atoms with E-state index in [0.717, 1.165) is 12.8 Å². The van der Waals surface area contributed by atoms with E-state index < -0.39 is 24.2 Å². The zero-order valence-corrected chi connectivity index (χ0v) is 7.37. The molecule has 1 N–H and O–H groups in total. The first-order chi connectivity index (χ1) is 6.07. The lowest BCUT2D eigenvalue weighted by molar-refractivity contribution is -0.120. The molecule has 5 heteroatoms. The highest BCUT2D eigenvalue weighted by atomic mass is 19.3. The van der Waals surface area contributed by atoms with Crippen LogP contribution in [0, 0.1) is 0 Å². The summed E-state index contributed by atoms with van der Waals surface area (Å²) < 4.78 is 35.2. The molecule has 0 heterocycles. The van der Waals surface area contributed by atoms with Gasteiger partial charge in [-0.2, -0.15) is 8.78 Å². The molecule has 0 aromatic heterocycles. The Morgan fingerprint density at radius 2 is 1.92 bits per heavy atom. The first-order valence-electron chi connectivity index (χ1n) is 4.04. The Balaban J connectivity index is 3.69. The molecule has 0 bridgehead atoms. The van der Waals surface area contributed by atoms with Gasteiger partial charge in [0.1, 0.15) is 0 Å². The summed E-state index contributed by atoms with van der Waals surface area (Å²) in [6, 6.07) is 0. The number of hydrogen-bond acceptors (Lipinski definition) is 1. The van der Waals surface area contributed by atoms with E-state index in [2.05, 4.69) is 5.32 Å². The molecule has 2 nitrogen and oxygen atoms in total. The summed E-state index contributed by atoms with van der Waals surface area (Å²) in [7, 11) is 0. The van der Waals surface area contributed by atoms with Gasteiger partial charge in [0.05, 0.1) is 6.42 Å². The lowest BCUT2D eigenvalue weighted by Gasteiger charge is -2.01. The van der Waals surface area contributed by atoms with E-state index in [4.69, 9.17) is 0 Å². The molecule has 1 amide bonds. The fourth-order valence-corrected chi connectivity index (χ4v) is 0.675. The number of rotatable bonds is 5. The lowest BCUT2D eigenvalue weighted by Crippen LogP contribution is -2.24. The summed E-state index contributed by atoms with van der Waals surface area (Å²) >= 11 is 0. The van der Waals surface area contributed by atoms with Gasteiger partial charge >= 0.3 is 6.08 Å². The summed E-state index contributed by atoms with van der Waals surface area (Å²) in [6.45, 7) is 2.32. The minimum absolute atomic E-state index is 0.399. The van der Waals surface area contributed by atoms with Gasteiger partial charge in [-0.3, -0.25) is 4.79 Å². The van der Waals surface area contributed by atoms with Crippen molar-refractivity contribution in [2.75, 3.05) is 6.54 Å². The number of unbranched alkanes of at least 4 members (excludes halogenated alkanes) is 1. The van der Waals surface area contributed by atoms with E-state index in [0.29, 0.717) is 6.54 Å². The van der Waals surface area contributed by atoms with Gasteiger partial charge in [-0.05, 0) is 6.42 Å². The van der Waals surface area contributed by atoms with Crippen molar-refractivity contribution in [1.82, 2.24) is 5.32 Å². The normalized spacial score (nSPS) is 9.54. The zero-order chi connectivity index (χ0) is 10.3. The smallest absolute Gasteiger partial charge is 0.302 e. The second-order valence-electron chi connectivity index (χ2n) is 2.55.